The van der Waals surface area contributed by atoms with Crippen molar-refractivity contribution in [3.05, 3.63) is 59.2 Å². The molecule has 6 nitrogen and oxygen atoms in total. The Bertz CT molecular complexity index is 1120. The van der Waals surface area contributed by atoms with E-state index in [1.165, 1.54) is 5.06 Å². The standard InChI is InChI=1S/C24H24F2N4O2/c1-30-22(28)29-24(32-30)20-12-17(16-4-2-3-15(11-16)14-27)5-6-18(20)13-23(24)9-7-19(8-10-23)31-21(25)26/h2-6,11-12,19,21H,7-10,13H2,1H3,(H2,28,29). The van der Waals surface area contributed by atoms with Gasteiger partial charge in [-0.05, 0) is 67.0 Å². The Morgan fingerprint density at radius 2 is 1.97 bits per heavy atom. The predicted molar refractivity (Wildman–Crippen MR) is 114 cm³/mol. The van der Waals surface area contributed by atoms with Gasteiger partial charge in [0.1, 0.15) is 0 Å². The highest BCUT2D eigenvalue weighted by Gasteiger charge is 2.63. The van der Waals surface area contributed by atoms with Gasteiger partial charge in [-0.3, -0.25) is 0 Å². The summed E-state index contributed by atoms with van der Waals surface area (Å²) in [5.41, 5.74) is 9.30. The molecule has 1 aliphatic heterocycles. The van der Waals surface area contributed by atoms with Crippen molar-refractivity contribution in [3.63, 3.8) is 0 Å². The molecule has 1 fully saturated rings. The topological polar surface area (TPSA) is 83.9 Å². The van der Waals surface area contributed by atoms with Crippen molar-refractivity contribution < 1.29 is 18.4 Å². The van der Waals surface area contributed by atoms with E-state index in [9.17, 15) is 14.0 Å². The average Bonchev–Trinajstić information content (AvgIpc) is 3.23. The molecule has 1 atom stereocenters. The van der Waals surface area contributed by atoms with Crippen molar-refractivity contribution in [2.24, 2.45) is 16.1 Å². The second kappa shape index (κ2) is 7.54. The number of nitriles is 1. The van der Waals surface area contributed by atoms with E-state index in [-0.39, 0.29) is 5.41 Å². The molecule has 2 N–H and O–H groups in total. The fraction of sp³-hybridized carbons (Fsp3) is 0.417. The molecule has 1 saturated carbocycles. The number of ether oxygens (including phenoxy) is 1. The van der Waals surface area contributed by atoms with E-state index in [0.717, 1.165) is 28.7 Å². The maximum atomic E-state index is 12.7. The monoisotopic (exact) mass is 438 g/mol. The summed E-state index contributed by atoms with van der Waals surface area (Å²) in [7, 11) is 1.73. The van der Waals surface area contributed by atoms with Crippen molar-refractivity contribution in [2.45, 2.75) is 50.5 Å². The predicted octanol–water partition coefficient (Wildman–Crippen LogP) is 4.29. The fourth-order valence-corrected chi connectivity index (χ4v) is 5.53. The number of alkyl halides is 2. The van der Waals surface area contributed by atoms with Crippen molar-refractivity contribution >= 4 is 5.96 Å². The van der Waals surface area contributed by atoms with E-state index in [4.69, 9.17) is 20.3 Å². The molecule has 8 heteroatoms. The third-order valence-corrected chi connectivity index (χ3v) is 7.10. The van der Waals surface area contributed by atoms with Gasteiger partial charge in [-0.25, -0.2) is 14.9 Å². The molecule has 0 saturated heterocycles. The van der Waals surface area contributed by atoms with E-state index >= 15 is 0 Å². The highest BCUT2D eigenvalue weighted by molar-refractivity contribution is 5.79. The third kappa shape index (κ3) is 3.15. The Morgan fingerprint density at radius 1 is 1.22 bits per heavy atom. The van der Waals surface area contributed by atoms with E-state index < -0.39 is 18.4 Å². The first-order chi connectivity index (χ1) is 15.4. The first kappa shape index (κ1) is 20.9. The average molecular weight is 438 g/mol. The van der Waals surface area contributed by atoms with Gasteiger partial charge in [0.05, 0.1) is 17.7 Å². The Balaban J connectivity index is 1.56. The van der Waals surface area contributed by atoms with Gasteiger partial charge in [0.2, 0.25) is 11.7 Å². The van der Waals surface area contributed by atoms with Gasteiger partial charge >= 0.3 is 6.61 Å². The Hall–Kier alpha value is -3.02. The molecule has 3 aliphatic rings. The zero-order valence-electron chi connectivity index (χ0n) is 17.7. The van der Waals surface area contributed by atoms with Gasteiger partial charge in [0, 0.05) is 18.0 Å². The number of rotatable bonds is 3. The van der Waals surface area contributed by atoms with Crippen LogP contribution in [0.5, 0.6) is 0 Å². The molecule has 2 aromatic carbocycles. The zero-order chi connectivity index (χ0) is 22.5. The first-order valence-electron chi connectivity index (χ1n) is 10.7. The molecule has 1 heterocycles. The van der Waals surface area contributed by atoms with E-state index in [1.54, 1.807) is 13.1 Å². The molecule has 5 rings (SSSR count). The molecule has 0 aromatic heterocycles. The quantitative estimate of drug-likeness (QED) is 0.773. The molecular weight excluding hydrogens is 414 g/mol. The van der Waals surface area contributed by atoms with Crippen LogP contribution in [-0.4, -0.2) is 30.8 Å². The van der Waals surface area contributed by atoms with Gasteiger partial charge in [-0.15, -0.1) is 0 Å². The van der Waals surface area contributed by atoms with Crippen LogP contribution in [-0.2, 0) is 21.7 Å². The summed E-state index contributed by atoms with van der Waals surface area (Å²) in [5, 5.41) is 10.8. The fourth-order valence-electron chi connectivity index (χ4n) is 5.53. The molecule has 2 aromatic rings. The number of aliphatic imine (C=N–C) groups is 1. The number of hydrogen-bond acceptors (Lipinski definition) is 6. The Labute approximate surface area is 185 Å². The van der Waals surface area contributed by atoms with Crippen molar-refractivity contribution in [2.75, 3.05) is 7.05 Å². The lowest BCUT2D eigenvalue weighted by atomic mass is 9.66. The Kier molecular flexibility index (Phi) is 4.91. The Morgan fingerprint density at radius 3 is 2.62 bits per heavy atom. The van der Waals surface area contributed by atoms with Gasteiger partial charge in [-0.2, -0.15) is 14.0 Å². The summed E-state index contributed by atoms with van der Waals surface area (Å²) in [6, 6.07) is 15.8. The lowest BCUT2D eigenvalue weighted by Crippen LogP contribution is -2.46. The highest BCUT2D eigenvalue weighted by atomic mass is 19.3. The lowest BCUT2D eigenvalue weighted by molar-refractivity contribution is -0.239. The molecule has 1 unspecified atom stereocenters. The summed E-state index contributed by atoms with van der Waals surface area (Å²) in [6.07, 6.45) is 2.57. The SMILES string of the molecule is CN1OC2(N=C1N)c1cc(-c3cccc(C#N)c3)ccc1CC21CCC(OC(F)F)CC1. The van der Waals surface area contributed by atoms with Gasteiger partial charge in [-0.1, -0.05) is 24.3 Å². The van der Waals surface area contributed by atoms with Crippen LogP contribution in [0, 0.1) is 16.7 Å². The van der Waals surface area contributed by atoms with Crippen LogP contribution >= 0.6 is 0 Å². The van der Waals surface area contributed by atoms with Crippen molar-refractivity contribution in [1.29, 1.82) is 5.26 Å². The largest absolute Gasteiger partial charge is 0.368 e. The minimum absolute atomic E-state index is 0.292. The second-order valence-corrected chi connectivity index (χ2v) is 8.82. The van der Waals surface area contributed by atoms with Gasteiger partial charge in [0.25, 0.3) is 0 Å². The molecule has 0 bridgehead atoms. The van der Waals surface area contributed by atoms with Crippen LogP contribution < -0.4 is 5.73 Å². The van der Waals surface area contributed by atoms with Crippen LogP contribution in [0.4, 0.5) is 8.78 Å². The number of nitrogens with two attached hydrogens (primary N) is 1. The molecular formula is C24H24F2N4O2. The van der Waals surface area contributed by atoms with E-state index in [0.29, 0.717) is 37.2 Å². The molecule has 2 aliphatic carbocycles. The summed E-state index contributed by atoms with van der Waals surface area (Å²) >= 11 is 0. The van der Waals surface area contributed by atoms with Crippen LogP contribution in [0.25, 0.3) is 11.1 Å². The highest BCUT2D eigenvalue weighted by Crippen LogP contribution is 2.62. The molecule has 2 spiro atoms. The third-order valence-electron chi connectivity index (χ3n) is 7.10. The number of halogens is 2. The first-order valence-corrected chi connectivity index (χ1v) is 10.7. The second-order valence-electron chi connectivity index (χ2n) is 8.82. The van der Waals surface area contributed by atoms with Gasteiger partial charge < -0.3 is 10.5 Å². The number of hydroxylamine groups is 2. The number of hydrogen-bond donors (Lipinski definition) is 1. The summed E-state index contributed by atoms with van der Waals surface area (Å²) < 4.78 is 30.3. The summed E-state index contributed by atoms with van der Waals surface area (Å²) in [6.45, 7) is -2.77. The van der Waals surface area contributed by atoms with Crippen LogP contribution in [0.15, 0.2) is 47.5 Å². The number of guanidine groups is 1. The molecule has 32 heavy (non-hydrogen) atoms. The van der Waals surface area contributed by atoms with E-state index in [2.05, 4.69) is 18.2 Å². The lowest BCUT2D eigenvalue weighted by Gasteiger charge is -2.45. The maximum Gasteiger partial charge on any atom is 0.345 e. The number of fused-ring (bicyclic) bond motifs is 3. The van der Waals surface area contributed by atoms with Crippen LogP contribution in [0.3, 0.4) is 0 Å². The van der Waals surface area contributed by atoms with Crippen LogP contribution in [0.2, 0.25) is 0 Å². The summed E-state index contributed by atoms with van der Waals surface area (Å²) in [4.78, 5) is 11.2. The molecule has 166 valence electrons. The maximum absolute atomic E-state index is 12.7. The van der Waals surface area contributed by atoms with Gasteiger partial charge in [0.15, 0.2) is 0 Å². The smallest absolute Gasteiger partial charge is 0.345 e. The van der Waals surface area contributed by atoms with E-state index in [1.807, 2.05) is 24.3 Å². The molecule has 0 radical (unpaired) electrons. The molecule has 0 amide bonds. The number of nitrogens with zero attached hydrogens (tertiary/aromatic N) is 3. The minimum atomic E-state index is -2.77. The number of benzene rings is 2. The zero-order valence-corrected chi connectivity index (χ0v) is 17.7. The van der Waals surface area contributed by atoms with Crippen molar-refractivity contribution in [3.8, 4) is 17.2 Å². The van der Waals surface area contributed by atoms with Crippen molar-refractivity contribution in [1.82, 2.24) is 5.06 Å². The minimum Gasteiger partial charge on any atom is -0.368 e. The summed E-state index contributed by atoms with van der Waals surface area (Å²) in [5.74, 6) is 0.292. The normalized spacial score (nSPS) is 28.9. The van der Waals surface area contributed by atoms with Crippen LogP contribution in [0.1, 0.15) is 42.4 Å².